The summed E-state index contributed by atoms with van der Waals surface area (Å²) in [5.41, 5.74) is 0.313. The van der Waals surface area contributed by atoms with Gasteiger partial charge in [0.05, 0.1) is 37.3 Å². The predicted octanol–water partition coefficient (Wildman–Crippen LogP) is 1.97. The monoisotopic (exact) mass is 402 g/mol. The molecular weight excluding hydrogens is 384 g/mol. The zero-order valence-electron chi connectivity index (χ0n) is 15.6. The molecule has 2 heterocycles. The zero-order chi connectivity index (χ0) is 20.4. The van der Waals surface area contributed by atoms with Crippen LogP contribution >= 0.6 is 0 Å². The number of amides is 2. The molecule has 152 valence electrons. The van der Waals surface area contributed by atoms with Crippen molar-refractivity contribution < 1.29 is 24.0 Å². The van der Waals surface area contributed by atoms with E-state index in [4.69, 9.17) is 9.47 Å². The minimum absolute atomic E-state index is 0.0217. The highest BCUT2D eigenvalue weighted by Crippen LogP contribution is 2.59. The Kier molecular flexibility index (Phi) is 3.67. The second kappa shape index (κ2) is 6.03. The van der Waals surface area contributed by atoms with Crippen molar-refractivity contribution in [2.24, 2.45) is 22.2 Å². The molecule has 1 saturated heterocycles. The molecular formula is C17H18N6O6. The van der Waals surface area contributed by atoms with Gasteiger partial charge in [0.2, 0.25) is 0 Å². The van der Waals surface area contributed by atoms with Crippen LogP contribution in [0.2, 0.25) is 0 Å². The summed E-state index contributed by atoms with van der Waals surface area (Å²) in [7, 11) is 2.51. The second-order valence-electron chi connectivity index (χ2n) is 7.45. The number of rotatable bonds is 2. The number of hydrogen-bond acceptors (Lipinski definition) is 9. The normalized spacial score (nSPS) is 33.2. The molecule has 3 fully saturated rings. The van der Waals surface area contributed by atoms with Crippen molar-refractivity contribution in [1.29, 1.82) is 0 Å². The molecule has 2 aliphatic carbocycles. The van der Waals surface area contributed by atoms with E-state index in [2.05, 4.69) is 10.3 Å². The maximum absolute atomic E-state index is 12.3. The van der Waals surface area contributed by atoms with Crippen molar-refractivity contribution in [3.8, 4) is 0 Å². The van der Waals surface area contributed by atoms with E-state index in [9.17, 15) is 19.7 Å². The van der Waals surface area contributed by atoms with Crippen LogP contribution in [0, 0.1) is 22.0 Å². The fourth-order valence-electron chi connectivity index (χ4n) is 5.44. The van der Waals surface area contributed by atoms with E-state index in [1.807, 2.05) is 0 Å². The average Bonchev–Trinajstić information content (AvgIpc) is 3.37. The number of anilines is 1. The summed E-state index contributed by atoms with van der Waals surface area (Å²) in [6.07, 6.45) is -0.557. The van der Waals surface area contributed by atoms with E-state index in [1.165, 1.54) is 30.3 Å². The van der Waals surface area contributed by atoms with Crippen molar-refractivity contribution in [2.75, 3.05) is 19.2 Å². The first-order valence-electron chi connectivity index (χ1n) is 9.17. The molecule has 0 spiro atoms. The lowest BCUT2D eigenvalue weighted by atomic mass is 9.79. The molecule has 6 atom stereocenters. The number of ether oxygens (including phenoxy) is 2. The van der Waals surface area contributed by atoms with Crippen LogP contribution in [0.15, 0.2) is 34.6 Å². The van der Waals surface area contributed by atoms with Crippen LogP contribution in [0.3, 0.4) is 0 Å². The maximum atomic E-state index is 12.3. The lowest BCUT2D eigenvalue weighted by Crippen LogP contribution is -2.78. The fraction of sp³-hybridized carbons (Fsp3) is 0.529. The van der Waals surface area contributed by atoms with E-state index >= 15 is 0 Å². The Morgan fingerprint density at radius 3 is 2.31 bits per heavy atom. The third kappa shape index (κ3) is 2.13. The SMILES string of the molecule is COC(=O)N1[C@@H]2[C@@H]3C[C@@H]([C@@H]4[C@H]3N=NN4c3ccccc3[N+](=O)[O-])[C@@H]2N1C(=O)OC. The first-order chi connectivity index (χ1) is 14.0. The largest absolute Gasteiger partial charge is 0.452 e. The Labute approximate surface area is 164 Å². The van der Waals surface area contributed by atoms with Crippen LogP contribution in [0.5, 0.6) is 0 Å². The third-order valence-electron chi connectivity index (χ3n) is 6.41. The molecule has 29 heavy (non-hydrogen) atoms. The van der Waals surface area contributed by atoms with E-state index in [1.54, 1.807) is 23.2 Å². The predicted molar refractivity (Wildman–Crippen MR) is 95.7 cm³/mol. The van der Waals surface area contributed by atoms with Gasteiger partial charge in [0.25, 0.3) is 5.69 Å². The number of para-hydroxylation sites is 2. The molecule has 0 unspecified atom stereocenters. The highest BCUT2D eigenvalue weighted by Gasteiger charge is 2.73. The van der Waals surface area contributed by atoms with Crippen molar-refractivity contribution in [1.82, 2.24) is 10.0 Å². The fourth-order valence-corrected chi connectivity index (χ4v) is 5.44. The molecule has 2 amide bonds. The molecule has 5 rings (SSSR count). The molecule has 2 aliphatic heterocycles. The minimum Gasteiger partial charge on any atom is -0.452 e. The standard InChI is InChI=1S/C17H18N6O6/c1-28-16(24)21-14-8-7-9(15(14)22(21)17(25)29-2)13-12(8)18-19-20(13)10-5-3-4-6-11(10)23(26)27/h3-6,8-9,12-15H,7H2,1-2H3/t8-,9+,12+,13-,14-,15+/m1/s1. The van der Waals surface area contributed by atoms with Crippen molar-refractivity contribution in [3.05, 3.63) is 34.4 Å². The van der Waals surface area contributed by atoms with Gasteiger partial charge in [0.15, 0.2) is 0 Å². The Balaban J connectivity index is 1.50. The highest BCUT2D eigenvalue weighted by atomic mass is 16.6. The van der Waals surface area contributed by atoms with Crippen LogP contribution < -0.4 is 5.01 Å². The number of benzene rings is 1. The molecule has 12 heteroatoms. The third-order valence-corrected chi connectivity index (χ3v) is 6.41. The Morgan fingerprint density at radius 1 is 1.07 bits per heavy atom. The molecule has 2 bridgehead atoms. The number of hydrogen-bond donors (Lipinski definition) is 0. The van der Waals surface area contributed by atoms with Crippen molar-refractivity contribution in [2.45, 2.75) is 30.6 Å². The summed E-state index contributed by atoms with van der Waals surface area (Å²) in [5, 5.41) is 24.3. The number of hydrazine groups is 1. The van der Waals surface area contributed by atoms with Gasteiger partial charge in [-0.2, -0.15) is 5.11 Å². The van der Waals surface area contributed by atoms with E-state index in [0.29, 0.717) is 5.69 Å². The number of carbonyl (C=O) groups is 2. The maximum Gasteiger partial charge on any atom is 0.429 e. The molecule has 4 aliphatic rings. The molecule has 1 aromatic carbocycles. The first kappa shape index (κ1) is 17.6. The molecule has 0 aromatic heterocycles. The van der Waals surface area contributed by atoms with Crippen LogP contribution in [0.1, 0.15) is 6.42 Å². The summed E-state index contributed by atoms with van der Waals surface area (Å²) >= 11 is 0. The summed E-state index contributed by atoms with van der Waals surface area (Å²) in [4.78, 5) is 35.6. The van der Waals surface area contributed by atoms with E-state index in [0.717, 1.165) is 6.42 Å². The summed E-state index contributed by atoms with van der Waals surface area (Å²) in [6, 6.07) is 5.42. The number of methoxy groups -OCH3 is 2. The minimum atomic E-state index is -0.648. The average molecular weight is 402 g/mol. The van der Waals surface area contributed by atoms with E-state index < -0.39 is 17.1 Å². The summed E-state index contributed by atoms with van der Waals surface area (Å²) < 4.78 is 9.69. The van der Waals surface area contributed by atoms with Crippen LogP contribution in [-0.4, -0.2) is 65.5 Å². The van der Waals surface area contributed by atoms with Gasteiger partial charge in [-0.1, -0.05) is 17.4 Å². The lowest BCUT2D eigenvalue weighted by Gasteiger charge is -2.58. The van der Waals surface area contributed by atoms with Gasteiger partial charge < -0.3 is 9.47 Å². The molecule has 0 radical (unpaired) electrons. The van der Waals surface area contributed by atoms with Gasteiger partial charge in [0, 0.05) is 17.9 Å². The van der Waals surface area contributed by atoms with Gasteiger partial charge in [-0.25, -0.2) is 24.6 Å². The quantitative estimate of drug-likeness (QED) is 0.546. The summed E-state index contributed by atoms with van der Waals surface area (Å²) in [5.74, 6) is -0.0867. The van der Waals surface area contributed by atoms with Crippen LogP contribution in [0.25, 0.3) is 0 Å². The second-order valence-corrected chi connectivity index (χ2v) is 7.45. The smallest absolute Gasteiger partial charge is 0.429 e. The number of carbonyl (C=O) groups excluding carboxylic acids is 2. The van der Waals surface area contributed by atoms with Gasteiger partial charge in [-0.05, 0) is 12.5 Å². The first-order valence-corrected chi connectivity index (χ1v) is 9.17. The van der Waals surface area contributed by atoms with Gasteiger partial charge in [-0.15, -0.1) is 0 Å². The number of fused-ring (bicyclic) bond motifs is 8. The van der Waals surface area contributed by atoms with Crippen molar-refractivity contribution >= 4 is 23.6 Å². The summed E-state index contributed by atoms with van der Waals surface area (Å²) in [6.45, 7) is 0. The Hall–Kier alpha value is -3.44. The Bertz CT molecular complexity index is 939. The van der Waals surface area contributed by atoms with Crippen LogP contribution in [-0.2, 0) is 9.47 Å². The van der Waals surface area contributed by atoms with Gasteiger partial charge in [-0.3, -0.25) is 10.1 Å². The number of nitro benzene ring substituents is 1. The Morgan fingerprint density at radius 2 is 1.69 bits per heavy atom. The molecule has 0 N–H and O–H groups in total. The lowest BCUT2D eigenvalue weighted by molar-refractivity contribution is -0.384. The highest BCUT2D eigenvalue weighted by molar-refractivity contribution is 5.78. The van der Waals surface area contributed by atoms with E-state index in [-0.39, 0.29) is 41.7 Å². The van der Waals surface area contributed by atoms with Gasteiger partial charge in [0.1, 0.15) is 11.7 Å². The molecule has 2 saturated carbocycles. The van der Waals surface area contributed by atoms with Crippen molar-refractivity contribution in [3.63, 3.8) is 0 Å². The molecule has 1 aromatic rings. The topological polar surface area (TPSA) is 130 Å². The zero-order valence-corrected chi connectivity index (χ0v) is 15.6. The van der Waals surface area contributed by atoms with Crippen LogP contribution in [0.4, 0.5) is 21.0 Å². The number of nitrogens with zero attached hydrogens (tertiary/aromatic N) is 6. The van der Waals surface area contributed by atoms with Gasteiger partial charge >= 0.3 is 12.2 Å². The molecule has 12 nitrogen and oxygen atoms in total. The number of nitro groups is 1.